The van der Waals surface area contributed by atoms with Crippen LogP contribution in [0.5, 0.6) is 0 Å². The molecule has 0 radical (unpaired) electrons. The topological polar surface area (TPSA) is 23.1 Å². The van der Waals surface area contributed by atoms with Crippen molar-refractivity contribution >= 4 is 23.1 Å². The van der Waals surface area contributed by atoms with Crippen LogP contribution < -0.4 is 17.5 Å². The molecular weight excluding hydrogens is 148 g/mol. The van der Waals surface area contributed by atoms with E-state index in [9.17, 15) is 5.11 Å². The molecule has 0 amide bonds. The third-order valence-corrected chi connectivity index (χ3v) is 0.852. The van der Waals surface area contributed by atoms with Gasteiger partial charge in [0.1, 0.15) is 0 Å². The second-order valence-electron chi connectivity index (χ2n) is 3.01. The Hall–Kier alpha value is 1.02. The molecular formula is C6H13ClMgO. The van der Waals surface area contributed by atoms with Crippen LogP contribution in [0.4, 0.5) is 0 Å². The molecule has 0 atom stereocenters. The molecule has 0 heterocycles. The Balaban J connectivity index is -0.000000180. The summed E-state index contributed by atoms with van der Waals surface area (Å²) in [7, 11) is 0. The predicted octanol–water partition coefficient (Wildman–Crippen LogP) is -2.59. The Bertz CT molecular complexity index is 51.5. The number of halogens is 1. The average Bonchev–Trinajstić information content (AvgIpc) is 1.30. The maximum Gasteiger partial charge on any atom is 2.00 e. The number of rotatable bonds is 1. The molecule has 0 saturated heterocycles. The maximum absolute atomic E-state index is 9.95. The third kappa shape index (κ3) is 17.6. The van der Waals surface area contributed by atoms with Gasteiger partial charge in [0.25, 0.3) is 0 Å². The van der Waals surface area contributed by atoms with Crippen molar-refractivity contribution in [3.8, 4) is 0 Å². The number of hydrogen-bond acceptors (Lipinski definition) is 1. The largest absolute Gasteiger partial charge is 2.00 e. The van der Waals surface area contributed by atoms with E-state index >= 15 is 0 Å². The third-order valence-electron chi connectivity index (χ3n) is 0.852. The van der Waals surface area contributed by atoms with Crippen molar-refractivity contribution in [2.24, 2.45) is 5.41 Å². The zero-order valence-electron chi connectivity index (χ0n) is 6.41. The Morgan fingerprint density at radius 1 is 1.22 bits per heavy atom. The van der Waals surface area contributed by atoms with Crippen molar-refractivity contribution in [3.63, 3.8) is 0 Å². The fraction of sp³-hybridized carbons (Fsp3) is 1.00. The van der Waals surface area contributed by atoms with Gasteiger partial charge in [-0.3, -0.25) is 0 Å². The number of hydrogen-bond donors (Lipinski definition) is 0. The summed E-state index contributed by atoms with van der Waals surface area (Å²) in [5, 5.41) is 9.95. The van der Waals surface area contributed by atoms with E-state index in [2.05, 4.69) is 20.8 Å². The first-order valence-corrected chi connectivity index (χ1v) is 2.64. The van der Waals surface area contributed by atoms with Crippen molar-refractivity contribution in [1.29, 1.82) is 0 Å². The summed E-state index contributed by atoms with van der Waals surface area (Å²) in [6, 6.07) is 0. The zero-order valence-corrected chi connectivity index (χ0v) is 8.58. The van der Waals surface area contributed by atoms with E-state index in [0.29, 0.717) is 0 Å². The maximum atomic E-state index is 9.95. The van der Waals surface area contributed by atoms with Gasteiger partial charge in [-0.25, -0.2) is 0 Å². The molecule has 0 N–H and O–H groups in total. The van der Waals surface area contributed by atoms with Crippen LogP contribution in [0.15, 0.2) is 0 Å². The Kier molecular flexibility index (Phi) is 13.1. The molecule has 3 heteroatoms. The molecule has 0 aliphatic heterocycles. The molecule has 0 saturated carbocycles. The summed E-state index contributed by atoms with van der Waals surface area (Å²) in [5.41, 5.74) is 0.238. The second-order valence-corrected chi connectivity index (χ2v) is 3.01. The summed E-state index contributed by atoms with van der Waals surface area (Å²) in [6.45, 7) is 6.28. The van der Waals surface area contributed by atoms with Gasteiger partial charge in [0, 0.05) is 0 Å². The van der Waals surface area contributed by atoms with E-state index in [1.54, 1.807) is 0 Å². The Labute approximate surface area is 79.8 Å². The molecule has 0 aromatic rings. The standard InChI is InChI=1S/C6H13O.ClH.Mg/c1-6(2,3)4-5-7;;/h4-5H2,1-3H3;1H;/q-1;;+2/p-1. The molecule has 52 valence electrons. The summed E-state index contributed by atoms with van der Waals surface area (Å²) in [4.78, 5) is 0. The molecule has 0 spiro atoms. The molecule has 0 unspecified atom stereocenters. The van der Waals surface area contributed by atoms with Gasteiger partial charge in [0.05, 0.1) is 0 Å². The Morgan fingerprint density at radius 3 is 1.56 bits per heavy atom. The quantitative estimate of drug-likeness (QED) is 0.387. The SMILES string of the molecule is CC(C)(C)CC[O-].[Cl-].[Mg+2]. The first-order valence-electron chi connectivity index (χ1n) is 2.64. The molecule has 0 aromatic carbocycles. The minimum atomic E-state index is 0. The van der Waals surface area contributed by atoms with Crippen LogP contribution in [0.2, 0.25) is 0 Å². The molecule has 9 heavy (non-hydrogen) atoms. The van der Waals surface area contributed by atoms with Crippen molar-refractivity contribution in [3.05, 3.63) is 0 Å². The van der Waals surface area contributed by atoms with E-state index in [1.807, 2.05) is 0 Å². The van der Waals surface area contributed by atoms with Crippen molar-refractivity contribution < 1.29 is 17.5 Å². The molecule has 0 bridgehead atoms. The minimum absolute atomic E-state index is 0. The van der Waals surface area contributed by atoms with E-state index < -0.39 is 0 Å². The molecule has 0 aliphatic rings. The molecule has 1 nitrogen and oxygen atoms in total. The summed E-state index contributed by atoms with van der Waals surface area (Å²) < 4.78 is 0. The summed E-state index contributed by atoms with van der Waals surface area (Å²) >= 11 is 0. The van der Waals surface area contributed by atoms with Gasteiger partial charge < -0.3 is 17.5 Å². The predicted molar refractivity (Wildman–Crippen MR) is 34.7 cm³/mol. The fourth-order valence-electron chi connectivity index (χ4n) is 0.306. The van der Waals surface area contributed by atoms with E-state index in [1.165, 1.54) is 0 Å². The molecule has 0 aliphatic carbocycles. The smallest absolute Gasteiger partial charge is 1.00 e. The first-order chi connectivity index (χ1) is 3.06. The summed E-state index contributed by atoms with van der Waals surface area (Å²) in [5.74, 6) is 0. The van der Waals surface area contributed by atoms with E-state index in [4.69, 9.17) is 0 Å². The summed E-state index contributed by atoms with van der Waals surface area (Å²) in [6.07, 6.45) is 0.785. The normalized spacial score (nSPS) is 9.33. The Morgan fingerprint density at radius 2 is 1.56 bits per heavy atom. The van der Waals surface area contributed by atoms with Crippen molar-refractivity contribution in [2.75, 3.05) is 6.61 Å². The van der Waals surface area contributed by atoms with Gasteiger partial charge in [-0.05, 0) is 5.41 Å². The van der Waals surface area contributed by atoms with Crippen LogP contribution in [0, 0.1) is 5.41 Å². The van der Waals surface area contributed by atoms with Crippen LogP contribution in [-0.4, -0.2) is 29.7 Å². The van der Waals surface area contributed by atoms with Crippen LogP contribution in [0.1, 0.15) is 27.2 Å². The van der Waals surface area contributed by atoms with Crippen LogP contribution in [0.25, 0.3) is 0 Å². The first kappa shape index (κ1) is 16.5. The van der Waals surface area contributed by atoms with Gasteiger partial charge in [-0.2, -0.15) is 0 Å². The van der Waals surface area contributed by atoms with Gasteiger partial charge >= 0.3 is 23.1 Å². The van der Waals surface area contributed by atoms with Gasteiger partial charge in [0.15, 0.2) is 0 Å². The van der Waals surface area contributed by atoms with E-state index in [0.717, 1.165) is 6.42 Å². The molecule has 0 fully saturated rings. The minimum Gasteiger partial charge on any atom is -1.00 e. The monoisotopic (exact) mass is 160 g/mol. The van der Waals surface area contributed by atoms with Gasteiger partial charge in [-0.1, -0.05) is 27.2 Å². The van der Waals surface area contributed by atoms with Crippen LogP contribution in [-0.2, 0) is 0 Å². The average molecular weight is 161 g/mol. The molecule has 0 rings (SSSR count). The van der Waals surface area contributed by atoms with Crippen molar-refractivity contribution in [1.82, 2.24) is 0 Å². The fourth-order valence-corrected chi connectivity index (χ4v) is 0.306. The van der Waals surface area contributed by atoms with Crippen LogP contribution >= 0.6 is 0 Å². The van der Waals surface area contributed by atoms with Gasteiger partial charge in [0.2, 0.25) is 0 Å². The van der Waals surface area contributed by atoms with Gasteiger partial charge in [-0.15, -0.1) is 6.61 Å². The molecule has 0 aromatic heterocycles. The second kappa shape index (κ2) is 7.13. The van der Waals surface area contributed by atoms with E-state index in [-0.39, 0.29) is 47.5 Å². The van der Waals surface area contributed by atoms with Crippen molar-refractivity contribution in [2.45, 2.75) is 27.2 Å². The zero-order chi connectivity index (χ0) is 5.91. The van der Waals surface area contributed by atoms with Crippen LogP contribution in [0.3, 0.4) is 0 Å².